The molecule has 0 bridgehead atoms. The maximum atomic E-state index is 12.7. The van der Waals surface area contributed by atoms with Crippen LogP contribution in [0, 0.1) is 6.92 Å². The lowest BCUT2D eigenvalue weighted by molar-refractivity contribution is 0.101. The Balaban J connectivity index is 1.39. The van der Waals surface area contributed by atoms with Crippen LogP contribution in [0.3, 0.4) is 0 Å². The first-order valence-corrected chi connectivity index (χ1v) is 11.6. The smallest absolute Gasteiger partial charge is 0.277 e. The molecule has 0 unspecified atom stereocenters. The van der Waals surface area contributed by atoms with Crippen molar-refractivity contribution in [1.29, 1.82) is 0 Å². The topological polar surface area (TPSA) is 74.0 Å². The van der Waals surface area contributed by atoms with Gasteiger partial charge in [-0.25, -0.2) is 4.68 Å². The number of rotatable bonds is 7. The maximum Gasteiger partial charge on any atom is 0.277 e. The van der Waals surface area contributed by atoms with Crippen LogP contribution in [0.5, 0.6) is 5.75 Å². The third kappa shape index (κ3) is 5.89. The van der Waals surface area contributed by atoms with Crippen LogP contribution in [0.2, 0.25) is 15.1 Å². The van der Waals surface area contributed by atoms with Gasteiger partial charge in [0, 0.05) is 22.4 Å². The fraction of sp³-hybridized carbons (Fsp3) is 0.136. The second-order valence-electron chi connectivity index (χ2n) is 7.16. The zero-order chi connectivity index (χ0) is 23.5. The molecule has 11 heteroatoms. The highest BCUT2D eigenvalue weighted by molar-refractivity contribution is 9.10. The van der Waals surface area contributed by atoms with E-state index in [1.807, 2.05) is 25.1 Å². The molecule has 7 nitrogen and oxygen atoms in total. The first-order valence-electron chi connectivity index (χ1n) is 9.69. The average molecular weight is 570 g/mol. The Kier molecular flexibility index (Phi) is 7.29. The number of halogens is 4. The second kappa shape index (κ2) is 10.2. The molecule has 0 radical (unpaired) electrons. The summed E-state index contributed by atoms with van der Waals surface area (Å²) in [6.45, 7) is 2.47. The minimum Gasteiger partial charge on any atom is -0.470 e. The molecule has 4 aromatic rings. The number of ether oxygens (including phenoxy) is 1. The normalized spacial score (nSPS) is 10.9. The highest BCUT2D eigenvalue weighted by atomic mass is 79.9. The standard InChI is InChI=1S/C22H17BrCl3N5O2/c1-13-2-5-17(25)20(8-13)33-12-30-7-6-19(28-30)22(32)27-21-16(23)11-31(29-21)10-14-3-4-15(24)9-18(14)26/h2-9,11H,10,12H2,1H3,(H,27,29,32). The molecule has 2 heterocycles. The van der Waals surface area contributed by atoms with Crippen LogP contribution in [0.25, 0.3) is 0 Å². The van der Waals surface area contributed by atoms with Crippen LogP contribution in [0.15, 0.2) is 59.3 Å². The van der Waals surface area contributed by atoms with Gasteiger partial charge >= 0.3 is 0 Å². The van der Waals surface area contributed by atoms with Crippen LogP contribution in [-0.4, -0.2) is 25.5 Å². The van der Waals surface area contributed by atoms with Gasteiger partial charge in [0.2, 0.25) is 0 Å². The molecule has 1 amide bonds. The molecule has 0 atom stereocenters. The van der Waals surface area contributed by atoms with Crippen LogP contribution >= 0.6 is 50.7 Å². The van der Waals surface area contributed by atoms with Crippen molar-refractivity contribution in [3.05, 3.63) is 91.2 Å². The number of amides is 1. The summed E-state index contributed by atoms with van der Waals surface area (Å²) in [6.07, 6.45) is 3.40. The largest absolute Gasteiger partial charge is 0.470 e. The fourth-order valence-corrected chi connectivity index (χ4v) is 4.03. The molecule has 0 saturated heterocycles. The van der Waals surface area contributed by atoms with Gasteiger partial charge in [-0.05, 0) is 64.3 Å². The summed E-state index contributed by atoms with van der Waals surface area (Å²) in [6, 6.07) is 12.4. The van der Waals surface area contributed by atoms with E-state index in [1.54, 1.807) is 41.3 Å². The first kappa shape index (κ1) is 23.6. The van der Waals surface area contributed by atoms with Crippen LogP contribution in [0.4, 0.5) is 5.82 Å². The van der Waals surface area contributed by atoms with Crippen molar-refractivity contribution in [2.24, 2.45) is 0 Å². The molecule has 0 saturated carbocycles. The van der Waals surface area contributed by atoms with E-state index in [-0.39, 0.29) is 12.4 Å². The molecule has 33 heavy (non-hydrogen) atoms. The molecule has 0 aliphatic rings. The van der Waals surface area contributed by atoms with Crippen molar-refractivity contribution >= 4 is 62.5 Å². The molecular formula is C22H17BrCl3N5O2. The number of aromatic nitrogens is 4. The van der Waals surface area contributed by atoms with Gasteiger partial charge in [0.25, 0.3) is 5.91 Å². The Morgan fingerprint density at radius 3 is 2.67 bits per heavy atom. The number of anilines is 1. The highest BCUT2D eigenvalue weighted by Crippen LogP contribution is 2.26. The molecule has 170 valence electrons. The minimum atomic E-state index is -0.405. The molecule has 0 fully saturated rings. The van der Waals surface area contributed by atoms with E-state index in [2.05, 4.69) is 31.4 Å². The van der Waals surface area contributed by atoms with Gasteiger partial charge in [-0.15, -0.1) is 0 Å². The molecule has 1 N–H and O–H groups in total. The predicted molar refractivity (Wildman–Crippen MR) is 132 cm³/mol. The Bertz CT molecular complexity index is 1320. The lowest BCUT2D eigenvalue weighted by Crippen LogP contribution is -2.15. The molecule has 0 spiro atoms. The fourth-order valence-electron chi connectivity index (χ4n) is 2.97. The van der Waals surface area contributed by atoms with E-state index in [0.717, 1.165) is 11.1 Å². The molecule has 0 aliphatic heterocycles. The summed E-state index contributed by atoms with van der Waals surface area (Å²) in [5, 5.41) is 13.0. The first-order chi connectivity index (χ1) is 15.8. The van der Waals surface area contributed by atoms with Crippen molar-refractivity contribution < 1.29 is 9.53 Å². The number of hydrogen-bond acceptors (Lipinski definition) is 4. The summed E-state index contributed by atoms with van der Waals surface area (Å²) < 4.78 is 9.49. The van der Waals surface area contributed by atoms with Crippen molar-refractivity contribution in [2.75, 3.05) is 5.32 Å². The number of nitrogens with zero attached hydrogens (tertiary/aromatic N) is 4. The van der Waals surface area contributed by atoms with Crippen LogP contribution < -0.4 is 10.1 Å². The van der Waals surface area contributed by atoms with E-state index in [0.29, 0.717) is 37.7 Å². The molecule has 2 aromatic heterocycles. The highest BCUT2D eigenvalue weighted by Gasteiger charge is 2.15. The maximum absolute atomic E-state index is 12.7. The summed E-state index contributed by atoms with van der Waals surface area (Å²) in [5.41, 5.74) is 2.09. The molecule has 4 rings (SSSR count). The summed E-state index contributed by atoms with van der Waals surface area (Å²) in [7, 11) is 0. The van der Waals surface area contributed by atoms with Gasteiger partial charge < -0.3 is 10.1 Å². The van der Waals surface area contributed by atoms with Gasteiger partial charge in [-0.1, -0.05) is 46.9 Å². The van der Waals surface area contributed by atoms with E-state index in [1.165, 1.54) is 4.68 Å². The van der Waals surface area contributed by atoms with Gasteiger partial charge in [0.1, 0.15) is 5.75 Å². The quantitative estimate of drug-likeness (QED) is 0.278. The Labute approximate surface area is 213 Å². The second-order valence-corrected chi connectivity index (χ2v) is 9.27. The zero-order valence-corrected chi connectivity index (χ0v) is 21.1. The molecule has 2 aromatic carbocycles. The zero-order valence-electron chi connectivity index (χ0n) is 17.2. The van der Waals surface area contributed by atoms with Gasteiger partial charge in [0.05, 0.1) is 16.0 Å². The molecular weight excluding hydrogens is 553 g/mol. The lowest BCUT2D eigenvalue weighted by Gasteiger charge is -2.08. The predicted octanol–water partition coefficient (Wildman–Crippen LogP) is 6.45. The number of aryl methyl sites for hydroxylation is 1. The van der Waals surface area contributed by atoms with Crippen molar-refractivity contribution in [3.8, 4) is 5.75 Å². The van der Waals surface area contributed by atoms with Crippen molar-refractivity contribution in [1.82, 2.24) is 19.6 Å². The average Bonchev–Trinajstić information content (AvgIpc) is 3.37. The summed E-state index contributed by atoms with van der Waals surface area (Å²) >= 11 is 21.8. The van der Waals surface area contributed by atoms with Crippen molar-refractivity contribution in [2.45, 2.75) is 20.2 Å². The van der Waals surface area contributed by atoms with Gasteiger partial charge in [-0.3, -0.25) is 9.48 Å². The Morgan fingerprint density at radius 1 is 1.06 bits per heavy atom. The lowest BCUT2D eigenvalue weighted by atomic mass is 10.2. The third-order valence-electron chi connectivity index (χ3n) is 4.61. The Hall–Kier alpha value is -2.52. The SMILES string of the molecule is Cc1ccc(Cl)c(OCn2ccc(C(=O)Nc3nn(Cc4ccc(Cl)cc4Cl)cc3Br)n2)c1. The van der Waals surface area contributed by atoms with E-state index in [9.17, 15) is 4.79 Å². The van der Waals surface area contributed by atoms with Gasteiger partial charge in [0.15, 0.2) is 18.2 Å². The number of benzene rings is 2. The number of carbonyl (C=O) groups is 1. The van der Waals surface area contributed by atoms with Crippen molar-refractivity contribution in [3.63, 3.8) is 0 Å². The number of carbonyl (C=O) groups excluding carboxylic acids is 1. The number of nitrogens with one attached hydrogen (secondary N) is 1. The number of hydrogen-bond donors (Lipinski definition) is 1. The van der Waals surface area contributed by atoms with E-state index < -0.39 is 5.91 Å². The summed E-state index contributed by atoms with van der Waals surface area (Å²) in [5.74, 6) is 0.508. The van der Waals surface area contributed by atoms with Crippen LogP contribution in [-0.2, 0) is 13.3 Å². The monoisotopic (exact) mass is 567 g/mol. The minimum absolute atomic E-state index is 0.108. The third-order valence-corrected chi connectivity index (χ3v) is 6.09. The van der Waals surface area contributed by atoms with E-state index in [4.69, 9.17) is 39.5 Å². The van der Waals surface area contributed by atoms with Gasteiger partial charge in [-0.2, -0.15) is 10.2 Å². The van der Waals surface area contributed by atoms with Crippen LogP contribution in [0.1, 0.15) is 21.6 Å². The van der Waals surface area contributed by atoms with E-state index >= 15 is 0 Å². The Morgan fingerprint density at radius 2 is 1.88 bits per heavy atom. The molecule has 0 aliphatic carbocycles. The summed E-state index contributed by atoms with van der Waals surface area (Å²) in [4.78, 5) is 12.7.